The number of aromatic nitrogens is 2. The lowest BCUT2D eigenvalue weighted by molar-refractivity contribution is -0.0835. The highest BCUT2D eigenvalue weighted by molar-refractivity contribution is 5.79. The van der Waals surface area contributed by atoms with Crippen LogP contribution in [0.2, 0.25) is 0 Å². The predicted molar refractivity (Wildman–Crippen MR) is 123 cm³/mol. The van der Waals surface area contributed by atoms with Crippen LogP contribution in [0.25, 0.3) is 5.69 Å². The van der Waals surface area contributed by atoms with Gasteiger partial charge in [0.2, 0.25) is 0 Å². The number of nitrogens with one attached hydrogen (secondary N) is 2. The van der Waals surface area contributed by atoms with Crippen molar-refractivity contribution in [1.82, 2.24) is 20.2 Å². The monoisotopic (exact) mass is 429 g/mol. The standard InChI is InChI=1S/C24H36FN5O/c1-6-26-23(29-16-19-8-7-13-31-22(19)24(3,4)5)28-15-18-9-10-21(20(25)14-18)30-12-11-27-17(30)2/h9-12,14,19,22H,6-8,13,15-16H2,1-5H3,(H2,26,28,29). The number of guanidine groups is 1. The molecule has 2 N–H and O–H groups in total. The average Bonchev–Trinajstić information content (AvgIpc) is 3.15. The van der Waals surface area contributed by atoms with Gasteiger partial charge in [-0.05, 0) is 49.8 Å². The SMILES string of the molecule is CCNC(=NCc1ccc(-n2ccnc2C)c(F)c1)NCC1CCCOC1C(C)(C)C. The summed E-state index contributed by atoms with van der Waals surface area (Å²) in [4.78, 5) is 8.84. The maximum absolute atomic E-state index is 14.7. The summed E-state index contributed by atoms with van der Waals surface area (Å²) in [5, 5.41) is 6.77. The van der Waals surface area contributed by atoms with E-state index in [1.54, 1.807) is 29.1 Å². The molecule has 0 spiro atoms. The molecule has 31 heavy (non-hydrogen) atoms. The van der Waals surface area contributed by atoms with Gasteiger partial charge < -0.3 is 19.9 Å². The Morgan fingerprint density at radius 3 is 2.77 bits per heavy atom. The van der Waals surface area contributed by atoms with E-state index in [4.69, 9.17) is 4.74 Å². The van der Waals surface area contributed by atoms with Crippen molar-refractivity contribution < 1.29 is 9.13 Å². The lowest BCUT2D eigenvalue weighted by Gasteiger charge is -2.40. The van der Waals surface area contributed by atoms with E-state index >= 15 is 0 Å². The first kappa shape index (κ1) is 23.3. The number of rotatable bonds is 6. The highest BCUT2D eigenvalue weighted by atomic mass is 19.1. The van der Waals surface area contributed by atoms with E-state index in [1.165, 1.54) is 0 Å². The zero-order chi connectivity index (χ0) is 22.4. The van der Waals surface area contributed by atoms with Gasteiger partial charge in [-0.2, -0.15) is 0 Å². The summed E-state index contributed by atoms with van der Waals surface area (Å²) in [6.45, 7) is 13.4. The third-order valence-corrected chi connectivity index (χ3v) is 5.69. The molecule has 0 bridgehead atoms. The third-order valence-electron chi connectivity index (χ3n) is 5.69. The first-order chi connectivity index (χ1) is 14.8. The van der Waals surface area contributed by atoms with Gasteiger partial charge in [-0.1, -0.05) is 26.8 Å². The predicted octanol–water partition coefficient (Wildman–Crippen LogP) is 4.22. The van der Waals surface area contributed by atoms with Crippen molar-refractivity contribution in [2.45, 2.75) is 60.1 Å². The zero-order valence-corrected chi connectivity index (χ0v) is 19.4. The van der Waals surface area contributed by atoms with E-state index < -0.39 is 0 Å². The Kier molecular flexibility index (Phi) is 7.70. The molecule has 0 amide bonds. The Hall–Kier alpha value is -2.41. The van der Waals surface area contributed by atoms with Crippen molar-refractivity contribution in [3.8, 4) is 5.69 Å². The fourth-order valence-electron chi connectivity index (χ4n) is 4.23. The lowest BCUT2D eigenvalue weighted by atomic mass is 9.78. The fourth-order valence-corrected chi connectivity index (χ4v) is 4.23. The maximum atomic E-state index is 14.7. The van der Waals surface area contributed by atoms with E-state index in [0.29, 0.717) is 18.2 Å². The van der Waals surface area contributed by atoms with E-state index in [1.807, 2.05) is 19.9 Å². The molecule has 1 aromatic carbocycles. The van der Waals surface area contributed by atoms with Gasteiger partial charge in [-0.3, -0.25) is 0 Å². The molecule has 0 aliphatic carbocycles. The Morgan fingerprint density at radius 2 is 2.13 bits per heavy atom. The number of nitrogens with zero attached hydrogens (tertiary/aromatic N) is 3. The molecule has 2 atom stereocenters. The number of hydrogen-bond acceptors (Lipinski definition) is 3. The van der Waals surface area contributed by atoms with E-state index in [-0.39, 0.29) is 17.3 Å². The molecule has 1 aliphatic rings. The number of ether oxygens (including phenoxy) is 1. The molecule has 1 aliphatic heterocycles. The van der Waals surface area contributed by atoms with E-state index in [2.05, 4.69) is 41.4 Å². The Labute approximate surface area is 185 Å². The topological polar surface area (TPSA) is 63.5 Å². The second-order valence-corrected chi connectivity index (χ2v) is 9.27. The van der Waals surface area contributed by atoms with Crippen molar-refractivity contribution in [2.24, 2.45) is 16.3 Å². The number of aliphatic imine (C=N–C) groups is 1. The van der Waals surface area contributed by atoms with Crippen LogP contribution in [0.15, 0.2) is 35.6 Å². The summed E-state index contributed by atoms with van der Waals surface area (Å²) in [6.07, 6.45) is 5.90. The van der Waals surface area contributed by atoms with Crippen LogP contribution < -0.4 is 10.6 Å². The number of halogens is 1. The van der Waals surface area contributed by atoms with Crippen LogP contribution in [0.4, 0.5) is 4.39 Å². The molecule has 1 saturated heterocycles. The molecule has 0 saturated carbocycles. The van der Waals surface area contributed by atoms with Crippen molar-refractivity contribution in [3.05, 3.63) is 47.8 Å². The smallest absolute Gasteiger partial charge is 0.191 e. The van der Waals surface area contributed by atoms with Crippen molar-refractivity contribution in [1.29, 1.82) is 0 Å². The molecule has 3 rings (SSSR count). The third kappa shape index (κ3) is 6.06. The van der Waals surface area contributed by atoms with Crippen LogP contribution in [0.5, 0.6) is 0 Å². The van der Waals surface area contributed by atoms with Crippen LogP contribution >= 0.6 is 0 Å². The van der Waals surface area contributed by atoms with Crippen LogP contribution in [-0.2, 0) is 11.3 Å². The summed E-state index contributed by atoms with van der Waals surface area (Å²) < 4.78 is 22.5. The second-order valence-electron chi connectivity index (χ2n) is 9.27. The first-order valence-corrected chi connectivity index (χ1v) is 11.2. The lowest BCUT2D eigenvalue weighted by Crippen LogP contribution is -2.47. The van der Waals surface area contributed by atoms with E-state index in [0.717, 1.165) is 49.9 Å². The number of aryl methyl sites for hydroxylation is 1. The quantitative estimate of drug-likeness (QED) is 0.533. The Balaban J connectivity index is 1.65. The second kappa shape index (κ2) is 10.3. The average molecular weight is 430 g/mol. The molecule has 7 heteroatoms. The molecule has 170 valence electrons. The van der Waals surface area contributed by atoms with Gasteiger partial charge in [0.05, 0.1) is 18.3 Å². The van der Waals surface area contributed by atoms with Crippen LogP contribution in [0, 0.1) is 24.1 Å². The largest absolute Gasteiger partial charge is 0.377 e. The Bertz CT molecular complexity index is 886. The van der Waals surface area contributed by atoms with Gasteiger partial charge in [-0.15, -0.1) is 0 Å². The highest BCUT2D eigenvalue weighted by Gasteiger charge is 2.35. The summed E-state index contributed by atoms with van der Waals surface area (Å²) in [5.41, 5.74) is 1.43. The van der Waals surface area contributed by atoms with Crippen molar-refractivity contribution in [2.75, 3.05) is 19.7 Å². The van der Waals surface area contributed by atoms with Crippen LogP contribution in [-0.4, -0.2) is 41.3 Å². The summed E-state index contributed by atoms with van der Waals surface area (Å²) in [6, 6.07) is 5.24. The van der Waals surface area contributed by atoms with E-state index in [9.17, 15) is 4.39 Å². The summed E-state index contributed by atoms with van der Waals surface area (Å²) in [5.74, 6) is 1.66. The van der Waals surface area contributed by atoms with Crippen molar-refractivity contribution in [3.63, 3.8) is 0 Å². The minimum absolute atomic E-state index is 0.106. The van der Waals surface area contributed by atoms with Crippen LogP contribution in [0.1, 0.15) is 51.9 Å². The number of benzene rings is 1. The van der Waals surface area contributed by atoms with Gasteiger partial charge in [-0.25, -0.2) is 14.4 Å². The zero-order valence-electron chi connectivity index (χ0n) is 19.4. The molecule has 1 aromatic heterocycles. The van der Waals surface area contributed by atoms with Gasteiger partial charge in [0, 0.05) is 38.0 Å². The minimum atomic E-state index is -0.279. The number of imidazole rings is 1. The molecule has 2 unspecified atom stereocenters. The van der Waals surface area contributed by atoms with Gasteiger partial charge in [0.1, 0.15) is 11.6 Å². The Morgan fingerprint density at radius 1 is 1.32 bits per heavy atom. The molecule has 1 fully saturated rings. The van der Waals surface area contributed by atoms with Gasteiger partial charge in [0.15, 0.2) is 5.96 Å². The fraction of sp³-hybridized carbons (Fsp3) is 0.583. The molecule has 6 nitrogen and oxygen atoms in total. The molecule has 2 aromatic rings. The molecular weight excluding hydrogens is 393 g/mol. The summed E-state index contributed by atoms with van der Waals surface area (Å²) in [7, 11) is 0. The molecule has 0 radical (unpaired) electrons. The maximum Gasteiger partial charge on any atom is 0.191 e. The van der Waals surface area contributed by atoms with Gasteiger partial charge in [0.25, 0.3) is 0 Å². The first-order valence-electron chi connectivity index (χ1n) is 11.2. The minimum Gasteiger partial charge on any atom is -0.377 e. The van der Waals surface area contributed by atoms with Crippen LogP contribution in [0.3, 0.4) is 0 Å². The van der Waals surface area contributed by atoms with Gasteiger partial charge >= 0.3 is 0 Å². The molecule has 2 heterocycles. The molecular formula is C24H36FN5O. The number of hydrogen-bond donors (Lipinski definition) is 2. The highest BCUT2D eigenvalue weighted by Crippen LogP contribution is 2.33. The normalized spacial score (nSPS) is 20.0. The van der Waals surface area contributed by atoms with Crippen molar-refractivity contribution >= 4 is 5.96 Å². The summed E-state index contributed by atoms with van der Waals surface area (Å²) >= 11 is 0.